The Balaban J connectivity index is 2.08. The van der Waals surface area contributed by atoms with Gasteiger partial charge in [0.05, 0.1) is 17.7 Å². The molecule has 2 rings (SSSR count). The quantitative estimate of drug-likeness (QED) is 0.754. The smallest absolute Gasteiger partial charge is 0.511 e. The van der Waals surface area contributed by atoms with Gasteiger partial charge in [-0.25, -0.2) is 0 Å². The second-order valence-corrected chi connectivity index (χ2v) is 4.90. The second-order valence-electron chi connectivity index (χ2n) is 4.08. The molecule has 0 aromatic heterocycles. The maximum Gasteiger partial charge on any atom is 0.764 e. The SMILES string of the molecule is CCC12C=CC=CC1=NC=C2CCO[Si](=O)O. The largest absolute Gasteiger partial charge is 0.764 e. The van der Waals surface area contributed by atoms with E-state index in [0.717, 1.165) is 17.7 Å². The van der Waals surface area contributed by atoms with Gasteiger partial charge in [0.2, 0.25) is 0 Å². The minimum Gasteiger partial charge on any atom is -0.511 e. The van der Waals surface area contributed by atoms with Crippen molar-refractivity contribution in [1.82, 2.24) is 0 Å². The second kappa shape index (κ2) is 4.79. The molecule has 1 heterocycles. The van der Waals surface area contributed by atoms with Crippen LogP contribution in [0.25, 0.3) is 0 Å². The highest BCUT2D eigenvalue weighted by Crippen LogP contribution is 2.42. The van der Waals surface area contributed by atoms with E-state index in [1.807, 2.05) is 24.4 Å². The van der Waals surface area contributed by atoms with E-state index < -0.39 is 9.17 Å². The van der Waals surface area contributed by atoms with Crippen LogP contribution >= 0.6 is 0 Å². The van der Waals surface area contributed by atoms with E-state index in [4.69, 9.17) is 9.22 Å². The molecule has 0 spiro atoms. The molecule has 1 atom stereocenters. The summed E-state index contributed by atoms with van der Waals surface area (Å²) in [5.74, 6) is 0. The summed E-state index contributed by atoms with van der Waals surface area (Å²) >= 11 is 0. The molecule has 2 aliphatic rings. The Hall–Kier alpha value is -1.49. The van der Waals surface area contributed by atoms with Crippen LogP contribution in [0.3, 0.4) is 0 Å². The molecule has 1 N–H and O–H groups in total. The van der Waals surface area contributed by atoms with Crippen molar-refractivity contribution >= 4 is 14.9 Å². The number of nitrogens with zero attached hydrogens (tertiary/aromatic N) is 1. The van der Waals surface area contributed by atoms with Crippen molar-refractivity contribution in [3.63, 3.8) is 0 Å². The Labute approximate surface area is 102 Å². The fraction of sp³-hybridized carbons (Fsp3) is 0.417. The van der Waals surface area contributed by atoms with Gasteiger partial charge in [-0.2, -0.15) is 0 Å². The van der Waals surface area contributed by atoms with Crippen LogP contribution in [-0.2, 0) is 8.89 Å². The van der Waals surface area contributed by atoms with E-state index in [1.54, 1.807) is 0 Å². The van der Waals surface area contributed by atoms with Gasteiger partial charge in [0.25, 0.3) is 0 Å². The van der Waals surface area contributed by atoms with Crippen LogP contribution in [0.5, 0.6) is 0 Å². The third-order valence-corrected chi connectivity index (χ3v) is 3.74. The Morgan fingerprint density at radius 3 is 3.06 bits per heavy atom. The number of allylic oxidation sites excluding steroid dienone is 4. The zero-order valence-electron chi connectivity index (χ0n) is 9.72. The summed E-state index contributed by atoms with van der Waals surface area (Å²) in [6.07, 6.45) is 11.6. The van der Waals surface area contributed by atoms with Gasteiger partial charge < -0.3 is 9.22 Å². The summed E-state index contributed by atoms with van der Waals surface area (Å²) < 4.78 is 15.2. The highest BCUT2D eigenvalue weighted by Gasteiger charge is 2.38. The first kappa shape index (κ1) is 12.0. The van der Waals surface area contributed by atoms with Gasteiger partial charge in [0.1, 0.15) is 0 Å². The van der Waals surface area contributed by atoms with E-state index in [0.29, 0.717) is 6.42 Å². The molecule has 0 saturated carbocycles. The number of aliphatic imine (C=N–C) groups is 1. The lowest BCUT2D eigenvalue weighted by molar-refractivity contribution is 0.224. The average Bonchev–Trinajstić information content (AvgIpc) is 2.69. The summed E-state index contributed by atoms with van der Waals surface area (Å²) in [6.45, 7) is 2.39. The Morgan fingerprint density at radius 2 is 2.35 bits per heavy atom. The fourth-order valence-corrected chi connectivity index (χ4v) is 2.63. The molecule has 0 saturated heterocycles. The summed E-state index contributed by atoms with van der Waals surface area (Å²) in [5, 5.41) is 0. The van der Waals surface area contributed by atoms with Gasteiger partial charge in [-0.05, 0) is 18.1 Å². The fourth-order valence-electron chi connectivity index (χ4n) is 2.35. The van der Waals surface area contributed by atoms with E-state index in [-0.39, 0.29) is 12.0 Å². The number of fused-ring (bicyclic) bond motifs is 1. The Kier molecular flexibility index (Phi) is 3.37. The minimum absolute atomic E-state index is 0.122. The molecule has 4 nitrogen and oxygen atoms in total. The van der Waals surface area contributed by atoms with Crippen LogP contribution in [0.2, 0.25) is 0 Å². The zero-order chi connectivity index (χ0) is 12.3. The first-order chi connectivity index (χ1) is 8.19. The van der Waals surface area contributed by atoms with Crippen molar-refractivity contribution in [2.75, 3.05) is 6.61 Å². The van der Waals surface area contributed by atoms with Gasteiger partial charge in [-0.1, -0.05) is 25.2 Å². The highest BCUT2D eigenvalue weighted by atomic mass is 28.3. The van der Waals surface area contributed by atoms with Crippen LogP contribution in [-0.4, -0.2) is 26.3 Å². The summed E-state index contributed by atoms with van der Waals surface area (Å²) in [6, 6.07) is 0. The molecule has 0 bridgehead atoms. The predicted molar refractivity (Wildman–Crippen MR) is 65.8 cm³/mol. The lowest BCUT2D eigenvalue weighted by atomic mass is 9.72. The number of hydrogen-bond donors (Lipinski definition) is 1. The predicted octanol–water partition coefficient (Wildman–Crippen LogP) is 1.66. The number of hydrogen-bond acceptors (Lipinski definition) is 3. The van der Waals surface area contributed by atoms with Crippen molar-refractivity contribution < 1.29 is 13.7 Å². The van der Waals surface area contributed by atoms with Crippen LogP contribution in [0.1, 0.15) is 19.8 Å². The molecule has 0 aromatic rings. The normalized spacial score (nSPS) is 25.2. The molecule has 1 aliphatic carbocycles. The molecule has 17 heavy (non-hydrogen) atoms. The topological polar surface area (TPSA) is 58.9 Å². The van der Waals surface area contributed by atoms with Crippen LogP contribution in [0.4, 0.5) is 0 Å². The van der Waals surface area contributed by atoms with Crippen molar-refractivity contribution in [3.8, 4) is 0 Å². The molecule has 0 amide bonds. The molecule has 90 valence electrons. The van der Waals surface area contributed by atoms with Crippen LogP contribution in [0.15, 0.2) is 41.1 Å². The average molecular weight is 249 g/mol. The van der Waals surface area contributed by atoms with Crippen molar-refractivity contribution in [1.29, 1.82) is 0 Å². The monoisotopic (exact) mass is 249 g/mol. The molecule has 1 unspecified atom stereocenters. The highest BCUT2D eigenvalue weighted by molar-refractivity contribution is 6.24. The van der Waals surface area contributed by atoms with Gasteiger partial charge in [-0.3, -0.25) is 9.45 Å². The van der Waals surface area contributed by atoms with E-state index in [9.17, 15) is 4.46 Å². The molecule has 0 aromatic carbocycles. The molecular weight excluding hydrogens is 234 g/mol. The van der Waals surface area contributed by atoms with Crippen molar-refractivity contribution in [3.05, 3.63) is 36.1 Å². The molecule has 1 aliphatic heterocycles. The summed E-state index contributed by atoms with van der Waals surface area (Å²) in [5.41, 5.74) is 2.08. The molecule has 5 heteroatoms. The third kappa shape index (κ3) is 2.15. The lowest BCUT2D eigenvalue weighted by Gasteiger charge is -2.30. The van der Waals surface area contributed by atoms with E-state index in [2.05, 4.69) is 18.0 Å². The first-order valence-electron chi connectivity index (χ1n) is 5.68. The molecule has 0 fully saturated rings. The van der Waals surface area contributed by atoms with E-state index in [1.165, 1.54) is 0 Å². The van der Waals surface area contributed by atoms with Gasteiger partial charge in [0.15, 0.2) is 0 Å². The van der Waals surface area contributed by atoms with Crippen molar-refractivity contribution in [2.45, 2.75) is 19.8 Å². The minimum atomic E-state index is -2.83. The van der Waals surface area contributed by atoms with E-state index >= 15 is 0 Å². The maximum absolute atomic E-state index is 10.5. The molecule has 0 radical (unpaired) electrons. The maximum atomic E-state index is 10.5. The lowest BCUT2D eigenvalue weighted by Crippen LogP contribution is -2.28. The zero-order valence-corrected chi connectivity index (χ0v) is 10.7. The van der Waals surface area contributed by atoms with Gasteiger partial charge in [0, 0.05) is 12.6 Å². The van der Waals surface area contributed by atoms with Crippen LogP contribution in [0, 0.1) is 5.41 Å². The van der Waals surface area contributed by atoms with Crippen LogP contribution < -0.4 is 0 Å². The van der Waals surface area contributed by atoms with Gasteiger partial charge in [-0.15, -0.1) is 0 Å². The summed E-state index contributed by atoms with van der Waals surface area (Å²) in [4.78, 5) is 13.0. The Morgan fingerprint density at radius 1 is 1.53 bits per heavy atom. The summed E-state index contributed by atoms with van der Waals surface area (Å²) in [7, 11) is -2.83. The van der Waals surface area contributed by atoms with Gasteiger partial charge >= 0.3 is 9.17 Å². The number of rotatable bonds is 5. The standard InChI is InChI=1S/C12H15NO3Si/c1-2-12-7-4-3-5-11(12)13-9-10(12)6-8-16-17(14)15/h3-5,7,9,14H,2,6,8H2,1H3. The first-order valence-corrected chi connectivity index (χ1v) is 6.95. The Bertz CT molecular complexity index is 451. The van der Waals surface area contributed by atoms with Crippen molar-refractivity contribution in [2.24, 2.45) is 10.4 Å². The molecular formula is C12H15NO3Si. The third-order valence-electron chi connectivity index (χ3n) is 3.29.